The highest BCUT2D eigenvalue weighted by Crippen LogP contribution is 2.33. The van der Waals surface area contributed by atoms with Gasteiger partial charge in [-0.25, -0.2) is 16.8 Å². The molecule has 4 aromatic carbocycles. The maximum Gasteiger partial charge on any atom is 0.294 e. The zero-order chi connectivity index (χ0) is 43.6. The molecular weight excluding hydrogens is 865 g/mol. The molecule has 0 atom stereocenters. The number of hydrogen-bond donors (Lipinski definition) is 4. The molecule has 0 spiro atoms. The van der Waals surface area contributed by atoms with E-state index in [1.165, 1.54) is 71.4 Å². The molecule has 4 N–H and O–H groups in total. The normalized spacial score (nSPS) is 15.5. The van der Waals surface area contributed by atoms with E-state index in [0.717, 1.165) is 24.3 Å². The van der Waals surface area contributed by atoms with E-state index < -0.39 is 61.9 Å². The van der Waals surface area contributed by atoms with Crippen LogP contribution < -0.4 is 20.1 Å². The first-order valence-corrected chi connectivity index (χ1v) is 24.2. The molecule has 2 amide bonds. The standard InChI is InChI=1S/C38H42N4O14S4/c1-55-31-15-11-27(21-35(31)57(45,46)41-17-3-4-18-41)37(43)39-29-13-9-25(33(23-29)59(49,50)51)7-8-26-10-14-30(24-34(26)60(52,53)54)40-38(44)28-12-16-32(56-2)36(22-28)58(47,48)42-19-5-6-20-42/h9-16,21-24H,3-8,17-20H2,1-2H3,(H,39,43)(H,40,44)(H,49,50,51)(H,52,53,54). The van der Waals surface area contributed by atoms with Gasteiger partial charge in [0.2, 0.25) is 20.0 Å². The Hall–Kier alpha value is -4.94. The van der Waals surface area contributed by atoms with Crippen LogP contribution in [0.15, 0.2) is 92.4 Å². The summed E-state index contributed by atoms with van der Waals surface area (Å²) in [5.41, 5.74) is -0.293. The van der Waals surface area contributed by atoms with E-state index in [-0.39, 0.29) is 67.8 Å². The van der Waals surface area contributed by atoms with E-state index in [9.17, 15) is 52.4 Å². The number of nitrogens with zero attached hydrogens (tertiary/aromatic N) is 2. The number of sulfonamides is 2. The Labute approximate surface area is 348 Å². The number of hydrogen-bond acceptors (Lipinski definition) is 12. The fourth-order valence-corrected chi connectivity index (χ4v) is 12.0. The van der Waals surface area contributed by atoms with Crippen molar-refractivity contribution in [3.05, 3.63) is 95.1 Å². The Morgan fingerprint density at radius 1 is 0.533 bits per heavy atom. The summed E-state index contributed by atoms with van der Waals surface area (Å²) >= 11 is 0. The van der Waals surface area contributed by atoms with Crippen LogP contribution in [0.3, 0.4) is 0 Å². The van der Waals surface area contributed by atoms with Crippen molar-refractivity contribution >= 4 is 63.5 Å². The minimum Gasteiger partial charge on any atom is -0.495 e. The number of benzene rings is 4. The first-order valence-electron chi connectivity index (χ1n) is 18.4. The maximum absolute atomic E-state index is 13.3. The Morgan fingerprint density at radius 2 is 0.883 bits per heavy atom. The highest BCUT2D eigenvalue weighted by atomic mass is 32.2. The number of methoxy groups -OCH3 is 2. The van der Waals surface area contributed by atoms with Crippen molar-refractivity contribution in [2.45, 2.75) is 58.1 Å². The van der Waals surface area contributed by atoms with Gasteiger partial charge in [0.05, 0.1) is 24.0 Å². The molecule has 0 aromatic heterocycles. The Balaban J connectivity index is 1.21. The van der Waals surface area contributed by atoms with Gasteiger partial charge in [-0.15, -0.1) is 0 Å². The third-order valence-electron chi connectivity index (χ3n) is 10.1. The van der Waals surface area contributed by atoms with E-state index in [1.807, 2.05) is 0 Å². The molecule has 2 aliphatic rings. The Morgan fingerprint density at radius 3 is 1.20 bits per heavy atom. The topological polar surface area (TPSA) is 260 Å². The van der Waals surface area contributed by atoms with Crippen molar-refractivity contribution in [2.75, 3.05) is 51.0 Å². The SMILES string of the molecule is COc1ccc(C(=O)Nc2ccc(CCc3ccc(NC(=O)c4ccc(OC)c(S(=O)(=O)N5CCCC5)c4)cc3S(=O)(=O)O)c(S(=O)(=O)O)c2)cc1S(=O)(=O)N1CCCC1. The second-order valence-electron chi connectivity index (χ2n) is 14.0. The summed E-state index contributed by atoms with van der Waals surface area (Å²) in [6.45, 7) is 1.26. The first kappa shape index (κ1) is 44.6. The number of amides is 2. The van der Waals surface area contributed by atoms with Gasteiger partial charge >= 0.3 is 0 Å². The second-order valence-corrected chi connectivity index (χ2v) is 20.5. The minimum absolute atomic E-state index is 0.0109. The van der Waals surface area contributed by atoms with Gasteiger partial charge in [0.1, 0.15) is 21.3 Å². The molecule has 60 heavy (non-hydrogen) atoms. The summed E-state index contributed by atoms with van der Waals surface area (Å²) in [4.78, 5) is 24.9. The van der Waals surface area contributed by atoms with Crippen LogP contribution in [0.4, 0.5) is 11.4 Å². The molecule has 0 bridgehead atoms. The van der Waals surface area contributed by atoms with Gasteiger partial charge in [-0.1, -0.05) is 12.1 Å². The number of anilines is 2. The predicted molar refractivity (Wildman–Crippen MR) is 218 cm³/mol. The summed E-state index contributed by atoms with van der Waals surface area (Å²) in [6, 6.07) is 14.8. The van der Waals surface area contributed by atoms with Crippen molar-refractivity contribution < 1.29 is 61.8 Å². The van der Waals surface area contributed by atoms with Crippen molar-refractivity contribution in [3.63, 3.8) is 0 Å². The number of nitrogens with one attached hydrogen (secondary N) is 2. The van der Waals surface area contributed by atoms with E-state index in [0.29, 0.717) is 51.9 Å². The van der Waals surface area contributed by atoms with Gasteiger partial charge < -0.3 is 20.1 Å². The lowest BCUT2D eigenvalue weighted by Crippen LogP contribution is -2.28. The molecule has 322 valence electrons. The molecular formula is C38H42N4O14S4. The molecule has 18 nitrogen and oxygen atoms in total. The number of aryl methyl sites for hydroxylation is 2. The van der Waals surface area contributed by atoms with Crippen LogP contribution in [0.2, 0.25) is 0 Å². The lowest BCUT2D eigenvalue weighted by Gasteiger charge is -2.18. The average molecular weight is 907 g/mol. The molecule has 6 rings (SSSR count). The summed E-state index contributed by atoms with van der Waals surface area (Å²) in [5, 5.41) is 5.00. The van der Waals surface area contributed by atoms with Gasteiger partial charge in [-0.2, -0.15) is 25.4 Å². The lowest BCUT2D eigenvalue weighted by molar-refractivity contribution is 0.101. The van der Waals surface area contributed by atoms with E-state index in [2.05, 4.69) is 10.6 Å². The molecule has 22 heteroatoms. The summed E-state index contributed by atoms with van der Waals surface area (Å²) in [6.07, 6.45) is 2.34. The van der Waals surface area contributed by atoms with Gasteiger partial charge in [0, 0.05) is 48.7 Å². The quantitative estimate of drug-likeness (QED) is 0.123. The van der Waals surface area contributed by atoms with Crippen LogP contribution in [0, 0.1) is 0 Å². The maximum atomic E-state index is 13.3. The third kappa shape index (κ3) is 9.65. The van der Waals surface area contributed by atoms with Crippen LogP contribution in [-0.2, 0) is 53.1 Å². The van der Waals surface area contributed by atoms with Gasteiger partial charge in [0.15, 0.2) is 0 Å². The molecule has 2 saturated heterocycles. The fourth-order valence-electron chi connectivity index (χ4n) is 7.01. The lowest BCUT2D eigenvalue weighted by atomic mass is 10.0. The third-order valence-corrected chi connectivity index (χ3v) is 15.8. The molecule has 0 aliphatic carbocycles. The van der Waals surface area contributed by atoms with Crippen LogP contribution in [0.5, 0.6) is 11.5 Å². The first-order chi connectivity index (χ1) is 28.2. The average Bonchev–Trinajstić information content (AvgIpc) is 3.96. The number of ether oxygens (including phenoxy) is 2. The predicted octanol–water partition coefficient (Wildman–Crippen LogP) is 4.06. The molecule has 0 unspecified atom stereocenters. The van der Waals surface area contributed by atoms with E-state index in [4.69, 9.17) is 9.47 Å². The van der Waals surface area contributed by atoms with Gasteiger partial charge in [-0.3, -0.25) is 18.7 Å². The summed E-state index contributed by atoms with van der Waals surface area (Å²) in [5.74, 6) is -1.53. The van der Waals surface area contributed by atoms with Crippen LogP contribution in [0.25, 0.3) is 0 Å². The largest absolute Gasteiger partial charge is 0.495 e. The highest BCUT2D eigenvalue weighted by Gasteiger charge is 2.32. The van der Waals surface area contributed by atoms with E-state index >= 15 is 0 Å². The van der Waals surface area contributed by atoms with Crippen molar-refractivity contribution in [1.29, 1.82) is 0 Å². The second kappa shape index (κ2) is 17.6. The number of carbonyl (C=O) groups excluding carboxylic acids is 2. The minimum atomic E-state index is -4.93. The van der Waals surface area contributed by atoms with Gasteiger partial charge in [-0.05, 0) is 110 Å². The zero-order valence-electron chi connectivity index (χ0n) is 32.3. The summed E-state index contributed by atoms with van der Waals surface area (Å²) < 4.78 is 137. The number of rotatable bonds is 15. The van der Waals surface area contributed by atoms with Gasteiger partial charge in [0.25, 0.3) is 32.1 Å². The zero-order valence-corrected chi connectivity index (χ0v) is 35.6. The molecule has 0 radical (unpaired) electrons. The van der Waals surface area contributed by atoms with Crippen molar-refractivity contribution in [2.24, 2.45) is 0 Å². The molecule has 4 aromatic rings. The van der Waals surface area contributed by atoms with Crippen molar-refractivity contribution in [1.82, 2.24) is 8.61 Å². The smallest absolute Gasteiger partial charge is 0.294 e. The molecule has 2 heterocycles. The van der Waals surface area contributed by atoms with Crippen LogP contribution in [0.1, 0.15) is 57.5 Å². The highest BCUT2D eigenvalue weighted by molar-refractivity contribution is 7.89. The monoisotopic (exact) mass is 906 g/mol. The Bertz CT molecular complexity index is 2590. The van der Waals surface area contributed by atoms with Crippen molar-refractivity contribution in [3.8, 4) is 11.5 Å². The molecule has 0 saturated carbocycles. The fraction of sp³-hybridized carbons (Fsp3) is 0.316. The number of carbonyl (C=O) groups is 2. The van der Waals surface area contributed by atoms with Crippen LogP contribution in [-0.4, -0.2) is 104 Å². The van der Waals surface area contributed by atoms with E-state index in [1.54, 1.807) is 0 Å². The molecule has 2 fully saturated rings. The molecule has 2 aliphatic heterocycles. The Kier molecular flexibility index (Phi) is 13.1. The van der Waals surface area contributed by atoms with Crippen LogP contribution >= 0.6 is 0 Å². The summed E-state index contributed by atoms with van der Waals surface area (Å²) in [7, 11) is -15.3.